The van der Waals surface area contributed by atoms with Gasteiger partial charge in [0, 0.05) is 32.1 Å². The van der Waals surface area contributed by atoms with Crippen molar-refractivity contribution in [1.82, 2.24) is 14.7 Å². The van der Waals surface area contributed by atoms with Crippen LogP contribution in [0.25, 0.3) is 10.9 Å². The van der Waals surface area contributed by atoms with Gasteiger partial charge in [-0.3, -0.25) is 9.48 Å². The van der Waals surface area contributed by atoms with Gasteiger partial charge in [-0.2, -0.15) is 5.10 Å². The molecule has 23 heavy (non-hydrogen) atoms. The molecular weight excluding hydrogens is 290 g/mol. The number of carbonyl (C=O) groups excluding carboxylic acids is 1. The van der Waals surface area contributed by atoms with E-state index < -0.39 is 0 Å². The number of rotatable bonds is 1. The molecule has 1 amide bonds. The van der Waals surface area contributed by atoms with Gasteiger partial charge in [-0.1, -0.05) is 18.2 Å². The van der Waals surface area contributed by atoms with Gasteiger partial charge in [0.15, 0.2) is 5.69 Å². The highest BCUT2D eigenvalue weighted by molar-refractivity contribution is 6.04. The van der Waals surface area contributed by atoms with Crippen molar-refractivity contribution in [3.8, 4) is 0 Å². The summed E-state index contributed by atoms with van der Waals surface area (Å²) in [6.45, 7) is 2.41. The number of amides is 1. The summed E-state index contributed by atoms with van der Waals surface area (Å²) in [7, 11) is 1.89. The Morgan fingerprint density at radius 2 is 1.96 bits per heavy atom. The lowest BCUT2D eigenvalue weighted by Crippen LogP contribution is -2.49. The molecule has 2 fully saturated rings. The summed E-state index contributed by atoms with van der Waals surface area (Å²) in [6.07, 6.45) is 5.46. The number of carbonyl (C=O) groups is 1. The third-order valence-corrected chi connectivity index (χ3v) is 5.36. The van der Waals surface area contributed by atoms with E-state index in [0.29, 0.717) is 5.69 Å². The third-order valence-electron chi connectivity index (χ3n) is 5.36. The second kappa shape index (κ2) is 5.64. The number of aryl methyl sites for hydroxylation is 1. The fourth-order valence-electron chi connectivity index (χ4n) is 3.94. The van der Waals surface area contributed by atoms with E-state index in [4.69, 9.17) is 4.74 Å². The Kier molecular flexibility index (Phi) is 3.60. The Labute approximate surface area is 136 Å². The number of hydrogen-bond acceptors (Lipinski definition) is 3. The van der Waals surface area contributed by atoms with Crippen LogP contribution in [0.3, 0.4) is 0 Å². The summed E-state index contributed by atoms with van der Waals surface area (Å²) in [5.74, 6) is 0.0486. The van der Waals surface area contributed by atoms with Crippen molar-refractivity contribution in [2.75, 3.05) is 19.7 Å². The van der Waals surface area contributed by atoms with Crippen LogP contribution in [0, 0.1) is 0 Å². The number of benzene rings is 1. The van der Waals surface area contributed by atoms with Gasteiger partial charge in [-0.25, -0.2) is 0 Å². The molecule has 0 unspecified atom stereocenters. The Morgan fingerprint density at radius 1 is 1.17 bits per heavy atom. The molecule has 0 atom stereocenters. The van der Waals surface area contributed by atoms with Crippen molar-refractivity contribution >= 4 is 16.8 Å². The highest BCUT2D eigenvalue weighted by Crippen LogP contribution is 2.35. The van der Waals surface area contributed by atoms with Gasteiger partial charge in [-0.15, -0.1) is 0 Å². The molecule has 3 heterocycles. The van der Waals surface area contributed by atoms with Gasteiger partial charge in [0.1, 0.15) is 0 Å². The minimum atomic E-state index is 0.0290. The number of fused-ring (bicyclic) bond motifs is 1. The van der Waals surface area contributed by atoms with Crippen molar-refractivity contribution < 1.29 is 9.53 Å². The topological polar surface area (TPSA) is 47.4 Å². The number of likely N-dealkylation sites (tertiary alicyclic amines) is 1. The lowest BCUT2D eigenvalue weighted by Gasteiger charge is -2.43. The van der Waals surface area contributed by atoms with Crippen LogP contribution in [0.2, 0.25) is 0 Å². The first-order valence-electron chi connectivity index (χ1n) is 8.54. The van der Waals surface area contributed by atoms with Crippen LogP contribution in [-0.4, -0.2) is 45.9 Å². The minimum absolute atomic E-state index is 0.0290. The molecule has 1 spiro atoms. The summed E-state index contributed by atoms with van der Waals surface area (Å²) < 4.78 is 7.85. The molecule has 1 aromatic carbocycles. The van der Waals surface area contributed by atoms with Crippen LogP contribution in [0.1, 0.15) is 42.6 Å². The third kappa shape index (κ3) is 2.53. The van der Waals surface area contributed by atoms with Crippen LogP contribution in [0.4, 0.5) is 0 Å². The Balaban J connectivity index is 1.53. The van der Waals surface area contributed by atoms with Crippen molar-refractivity contribution in [2.45, 2.75) is 37.7 Å². The van der Waals surface area contributed by atoms with E-state index in [1.54, 1.807) is 4.68 Å². The van der Waals surface area contributed by atoms with E-state index in [9.17, 15) is 4.79 Å². The molecular formula is C18H23N3O2. The summed E-state index contributed by atoms with van der Waals surface area (Å²) in [6, 6.07) is 7.91. The van der Waals surface area contributed by atoms with Crippen molar-refractivity contribution in [2.24, 2.45) is 7.05 Å². The lowest BCUT2D eigenvalue weighted by atomic mass is 9.84. The first-order valence-corrected chi connectivity index (χ1v) is 8.54. The fourth-order valence-corrected chi connectivity index (χ4v) is 3.94. The van der Waals surface area contributed by atoms with Crippen molar-refractivity contribution in [3.05, 3.63) is 30.0 Å². The molecule has 2 saturated heterocycles. The second-order valence-electron chi connectivity index (χ2n) is 6.77. The van der Waals surface area contributed by atoms with Crippen molar-refractivity contribution in [3.63, 3.8) is 0 Å². The summed E-state index contributed by atoms with van der Waals surface area (Å²) in [4.78, 5) is 14.8. The quantitative estimate of drug-likeness (QED) is 0.813. The van der Waals surface area contributed by atoms with Crippen LogP contribution in [0.5, 0.6) is 0 Å². The molecule has 2 aromatic rings. The molecule has 2 aliphatic heterocycles. The average molecular weight is 313 g/mol. The molecule has 0 N–H and O–H groups in total. The number of para-hydroxylation sites is 1. The monoisotopic (exact) mass is 313 g/mol. The molecule has 0 saturated carbocycles. The molecule has 0 bridgehead atoms. The zero-order chi connectivity index (χ0) is 15.9. The maximum Gasteiger partial charge on any atom is 0.275 e. The number of hydrogen-bond donors (Lipinski definition) is 0. The standard InChI is InChI=1S/C18H23N3O2/c1-20-15-7-3-2-6-14(15)16(19-20)17(22)21-11-9-18(10-12-21)8-4-5-13-23-18/h2-3,6-7H,4-5,8-13H2,1H3. The number of piperidine rings is 1. The Morgan fingerprint density at radius 3 is 2.70 bits per heavy atom. The van der Waals surface area contributed by atoms with E-state index in [-0.39, 0.29) is 11.5 Å². The lowest BCUT2D eigenvalue weighted by molar-refractivity contribution is -0.107. The summed E-state index contributed by atoms with van der Waals surface area (Å²) >= 11 is 0. The number of ether oxygens (including phenoxy) is 1. The van der Waals surface area contributed by atoms with Crippen molar-refractivity contribution in [1.29, 1.82) is 0 Å². The maximum atomic E-state index is 12.9. The smallest absolute Gasteiger partial charge is 0.275 e. The molecule has 5 heteroatoms. The molecule has 122 valence electrons. The molecule has 1 aromatic heterocycles. The normalized spacial score (nSPS) is 21.0. The van der Waals surface area contributed by atoms with E-state index >= 15 is 0 Å². The van der Waals surface area contributed by atoms with Gasteiger partial charge in [0.2, 0.25) is 0 Å². The maximum absolute atomic E-state index is 12.9. The van der Waals surface area contributed by atoms with Crippen LogP contribution >= 0.6 is 0 Å². The number of aromatic nitrogens is 2. The minimum Gasteiger partial charge on any atom is -0.375 e. The number of nitrogens with zero attached hydrogens (tertiary/aromatic N) is 3. The van der Waals surface area contributed by atoms with Gasteiger partial charge in [-0.05, 0) is 38.2 Å². The van der Waals surface area contributed by atoms with Gasteiger partial charge >= 0.3 is 0 Å². The molecule has 0 radical (unpaired) electrons. The zero-order valence-corrected chi connectivity index (χ0v) is 13.6. The predicted octanol–water partition coefficient (Wildman–Crippen LogP) is 2.75. The highest BCUT2D eigenvalue weighted by Gasteiger charge is 2.38. The zero-order valence-electron chi connectivity index (χ0n) is 13.6. The van der Waals surface area contributed by atoms with Crippen LogP contribution < -0.4 is 0 Å². The van der Waals surface area contributed by atoms with E-state index in [1.165, 1.54) is 12.8 Å². The Hall–Kier alpha value is -1.88. The fraction of sp³-hybridized carbons (Fsp3) is 0.556. The average Bonchev–Trinajstić information content (AvgIpc) is 2.93. The van der Waals surface area contributed by atoms with Gasteiger partial charge in [0.25, 0.3) is 5.91 Å². The highest BCUT2D eigenvalue weighted by atomic mass is 16.5. The first kappa shape index (κ1) is 14.7. The van der Waals surface area contributed by atoms with E-state index in [2.05, 4.69) is 5.10 Å². The molecule has 5 nitrogen and oxygen atoms in total. The SMILES string of the molecule is Cn1nc(C(=O)N2CCC3(CCCCO3)CC2)c2ccccc21. The Bertz CT molecular complexity index is 721. The van der Waals surface area contributed by atoms with E-state index in [1.807, 2.05) is 36.2 Å². The van der Waals surface area contributed by atoms with Gasteiger partial charge in [0.05, 0.1) is 11.1 Å². The summed E-state index contributed by atoms with van der Waals surface area (Å²) in [5.41, 5.74) is 1.60. The molecule has 0 aliphatic carbocycles. The first-order chi connectivity index (χ1) is 11.2. The summed E-state index contributed by atoms with van der Waals surface area (Å²) in [5, 5.41) is 5.40. The molecule has 2 aliphatic rings. The van der Waals surface area contributed by atoms with Gasteiger partial charge < -0.3 is 9.64 Å². The second-order valence-corrected chi connectivity index (χ2v) is 6.77. The molecule has 4 rings (SSSR count). The van der Waals surface area contributed by atoms with Crippen LogP contribution in [0.15, 0.2) is 24.3 Å². The predicted molar refractivity (Wildman–Crippen MR) is 88.4 cm³/mol. The van der Waals surface area contributed by atoms with E-state index in [0.717, 1.165) is 49.9 Å². The largest absolute Gasteiger partial charge is 0.375 e. The van der Waals surface area contributed by atoms with Crippen LogP contribution in [-0.2, 0) is 11.8 Å².